The Bertz CT molecular complexity index is 2390. The van der Waals surface area contributed by atoms with E-state index in [2.05, 4.69) is 89.3 Å². The van der Waals surface area contributed by atoms with Crippen LogP contribution in [0.3, 0.4) is 0 Å². The van der Waals surface area contributed by atoms with Crippen molar-refractivity contribution in [2.75, 3.05) is 16.8 Å². The molecule has 0 saturated heterocycles. The fourth-order valence-electron chi connectivity index (χ4n) is 2.91. The largest absolute Gasteiger partial charge is 1.00 e. The van der Waals surface area contributed by atoms with Gasteiger partial charge in [0, 0.05) is 31.8 Å². The number of H-pyrrole nitrogens is 2. The van der Waals surface area contributed by atoms with Gasteiger partial charge in [-0.3, -0.25) is 37.9 Å². The maximum absolute atomic E-state index is 12.5. The van der Waals surface area contributed by atoms with E-state index in [1.807, 2.05) is 4.98 Å². The molecule has 66 heavy (non-hydrogen) atoms. The summed E-state index contributed by atoms with van der Waals surface area (Å²) in [6.45, 7) is 3.88. The van der Waals surface area contributed by atoms with Crippen LogP contribution in [-0.2, 0) is 44.4 Å². The molecule has 0 aliphatic carbocycles. The number of imidazole rings is 1. The van der Waals surface area contributed by atoms with Gasteiger partial charge in [0.15, 0.2) is 17.1 Å². The average molecular weight is 1250 g/mol. The van der Waals surface area contributed by atoms with Crippen LogP contribution in [0.15, 0.2) is 35.6 Å². The molecule has 0 spiro atoms. The standard InChI is InChI=1S/2C8H5BrF3N3O.C5H4F3N3O.C3H3Br.2C2H3N.2CH2O3.4K.2H/c1-3-2-15-6(16)4(9)5(8(10,11)12)14-7(15)13-3;1-2-3-15-6(16)4(9)5(8(10,11)12)14-7(15)13;6-5(7,8)2-1-3(12)11-4(9)10-2;1-2-3-4;2*1-2-3;2*2-1-4-3;;;;;;/h2H,1H3,(H,13,14);1H,3H2,(H2,13,14);1H,(H3,9,10,11,12);1H,3H2;2*1H3;2*1,3H;;;;;;/q;;;;;;;;4*+1;2*-1/p-2. The van der Waals surface area contributed by atoms with Gasteiger partial charge in [0.05, 0.1) is 24.0 Å². The first kappa shape index (κ1) is 83.0. The Morgan fingerprint density at radius 1 is 0.803 bits per heavy atom. The molecule has 4 rings (SSSR count). The zero-order valence-electron chi connectivity index (χ0n) is 36.9. The summed E-state index contributed by atoms with van der Waals surface area (Å²) in [6, 6.07) is 3.84. The number of hydrogen-bond acceptors (Lipinski definition) is 16. The first-order valence-electron chi connectivity index (χ1n) is 14.5. The third-order valence-corrected chi connectivity index (χ3v) is 6.58. The molecule has 0 atom stereocenters. The van der Waals surface area contributed by atoms with Crippen molar-refractivity contribution in [2.24, 2.45) is 0 Å². The first-order valence-corrected chi connectivity index (χ1v) is 17.2. The molecular formula is C30H27Br3F9K4N11O9. The van der Waals surface area contributed by atoms with Crippen LogP contribution in [0.5, 0.6) is 0 Å². The molecule has 0 aliphatic heterocycles. The number of rotatable bonds is 3. The van der Waals surface area contributed by atoms with Crippen LogP contribution < -0.4 is 244 Å². The zero-order chi connectivity index (χ0) is 49.6. The maximum atomic E-state index is 12.5. The summed E-state index contributed by atoms with van der Waals surface area (Å²) >= 11 is 8.16. The number of aromatic amines is 2. The quantitative estimate of drug-likeness (QED) is 0.0282. The van der Waals surface area contributed by atoms with E-state index in [1.165, 1.54) is 20.0 Å². The van der Waals surface area contributed by atoms with Crippen LogP contribution in [0.25, 0.3) is 5.78 Å². The van der Waals surface area contributed by atoms with E-state index < -0.39 is 73.1 Å². The monoisotopic (exact) mass is 1250 g/mol. The summed E-state index contributed by atoms with van der Waals surface area (Å²) in [4.78, 5) is 69.8. The Labute approximate surface area is 564 Å². The van der Waals surface area contributed by atoms with Crippen molar-refractivity contribution < 1.29 is 278 Å². The van der Waals surface area contributed by atoms with E-state index in [0.29, 0.717) is 17.1 Å². The summed E-state index contributed by atoms with van der Waals surface area (Å²) in [5.74, 6) is 3.20. The van der Waals surface area contributed by atoms with Gasteiger partial charge in [0.25, 0.3) is 29.6 Å². The van der Waals surface area contributed by atoms with Gasteiger partial charge in [-0.2, -0.15) is 50.0 Å². The molecule has 6 N–H and O–H groups in total. The number of alkyl halides is 10. The second-order valence-corrected chi connectivity index (χ2v) is 11.3. The van der Waals surface area contributed by atoms with E-state index in [-0.39, 0.29) is 234 Å². The molecule has 0 aromatic carbocycles. The minimum atomic E-state index is -4.75. The minimum Gasteiger partial charge on any atom is -1.00 e. The first-order chi connectivity index (χ1) is 28.6. The SMILES string of the molecule is C#CCBr.C#CCn1c(N)nc(C(F)(F)F)c(Br)c1=O.CC#N.CC#N.Cc1cn2c(=O)c(Br)c(C(F)(F)F)nc2[nH]1.Nc1nc(C(F)(F)F)cc(=O)[nH]1.O=CO[O-].O=CO[O-].[H-].[H-].[K+].[K+].[K+].[K+]. The number of nitrogens with zero attached hydrogens (tertiary/aromatic N) is 7. The van der Waals surface area contributed by atoms with Crippen molar-refractivity contribution in [3.05, 3.63) is 75.0 Å². The summed E-state index contributed by atoms with van der Waals surface area (Å²) in [7, 11) is 0. The number of hydrogen-bond donors (Lipinski definition) is 4. The van der Waals surface area contributed by atoms with Crippen molar-refractivity contribution in [1.29, 1.82) is 10.5 Å². The maximum Gasteiger partial charge on any atom is 1.00 e. The Morgan fingerprint density at radius 3 is 1.50 bits per heavy atom. The van der Waals surface area contributed by atoms with Crippen molar-refractivity contribution in [2.45, 2.75) is 45.8 Å². The number of terminal acetylenes is 2. The van der Waals surface area contributed by atoms with Gasteiger partial charge in [-0.15, -0.1) is 12.8 Å². The number of aromatic nitrogens is 7. The van der Waals surface area contributed by atoms with Crippen LogP contribution in [0.4, 0.5) is 51.4 Å². The molecule has 0 aliphatic rings. The molecule has 4 aromatic heterocycles. The number of carbonyl (C=O) groups is 2. The predicted molar refractivity (Wildman–Crippen MR) is 204 cm³/mol. The van der Waals surface area contributed by atoms with Gasteiger partial charge in [0.1, 0.15) is 8.95 Å². The van der Waals surface area contributed by atoms with Gasteiger partial charge in [0.2, 0.25) is 17.7 Å². The molecule has 36 heteroatoms. The molecule has 0 fully saturated rings. The fourth-order valence-corrected chi connectivity index (χ4v) is 3.94. The zero-order valence-corrected chi connectivity index (χ0v) is 52.1. The minimum absolute atomic E-state index is 0. The number of fused-ring (bicyclic) bond motifs is 1. The fraction of sp³-hybridized carbons (Fsp3) is 0.267. The van der Waals surface area contributed by atoms with Crippen molar-refractivity contribution in [1.82, 2.24) is 33.9 Å². The summed E-state index contributed by atoms with van der Waals surface area (Å²) in [5.41, 5.74) is 4.11. The number of anilines is 2. The number of aryl methyl sites for hydroxylation is 1. The molecule has 0 saturated carbocycles. The molecule has 0 amide bonds. The van der Waals surface area contributed by atoms with Crippen molar-refractivity contribution >= 4 is 78.4 Å². The van der Waals surface area contributed by atoms with E-state index in [9.17, 15) is 53.9 Å². The van der Waals surface area contributed by atoms with Gasteiger partial charge < -0.3 is 39.6 Å². The third-order valence-electron chi connectivity index (χ3n) is 4.83. The number of carbonyl (C=O) groups excluding carboxylic acids is 2. The van der Waals surface area contributed by atoms with Gasteiger partial charge in [-0.05, 0) is 38.8 Å². The summed E-state index contributed by atoms with van der Waals surface area (Å²) in [5, 5.41) is 32.2. The molecule has 0 unspecified atom stereocenters. The smallest absolute Gasteiger partial charge is 1.00 e. The molecular weight excluding hydrogens is 1230 g/mol. The number of nitriles is 2. The number of nitrogen functional groups attached to an aromatic ring is 2. The third kappa shape index (κ3) is 36.1. The van der Waals surface area contributed by atoms with E-state index in [0.717, 1.165) is 8.97 Å². The van der Waals surface area contributed by atoms with Crippen LogP contribution in [-0.4, -0.2) is 52.2 Å². The van der Waals surface area contributed by atoms with Gasteiger partial charge in [-0.25, -0.2) is 15.0 Å². The summed E-state index contributed by atoms with van der Waals surface area (Å²) < 4.78 is 111. The molecule has 4 aromatic rings. The average Bonchev–Trinajstić information content (AvgIpc) is 3.56. The Morgan fingerprint density at radius 2 is 1.18 bits per heavy atom. The van der Waals surface area contributed by atoms with Gasteiger partial charge in [-0.1, -0.05) is 27.8 Å². The predicted octanol–water partition coefficient (Wildman–Crippen LogP) is -9.09. The Hall–Kier alpha value is 0.0955. The topological polar surface area (TPSA) is 329 Å². The molecule has 344 valence electrons. The molecule has 20 nitrogen and oxygen atoms in total. The molecule has 4 heterocycles. The van der Waals surface area contributed by atoms with Crippen LogP contribution >= 0.6 is 47.8 Å². The normalized spacial score (nSPS) is 8.98. The van der Waals surface area contributed by atoms with Crippen molar-refractivity contribution in [3.63, 3.8) is 0 Å². The molecule has 0 radical (unpaired) electrons. The summed E-state index contributed by atoms with van der Waals surface area (Å²) in [6.07, 6.45) is -2.99. The van der Waals surface area contributed by atoms with E-state index >= 15 is 0 Å². The van der Waals surface area contributed by atoms with Crippen LogP contribution in [0.1, 0.15) is 39.5 Å². The van der Waals surface area contributed by atoms with Gasteiger partial charge >= 0.3 is 224 Å². The number of nitrogens with one attached hydrogen (secondary N) is 2. The van der Waals surface area contributed by atoms with Crippen LogP contribution in [0, 0.1) is 54.3 Å². The van der Waals surface area contributed by atoms with E-state index in [4.69, 9.17) is 54.9 Å². The number of halogens is 12. The Balaban J connectivity index is -0.0000000762. The van der Waals surface area contributed by atoms with Crippen molar-refractivity contribution in [3.8, 4) is 36.8 Å². The number of nitrogens with two attached hydrogens (primary N) is 2. The van der Waals surface area contributed by atoms with E-state index in [1.54, 1.807) is 19.1 Å². The molecule has 0 bridgehead atoms. The second-order valence-electron chi connectivity index (χ2n) is 9.12. The Kier molecular flexibility index (Phi) is 56.6. The van der Waals surface area contributed by atoms with Crippen LogP contribution in [0.2, 0.25) is 0 Å². The second kappa shape index (κ2) is 45.0.